The Morgan fingerprint density at radius 3 is 2.67 bits per heavy atom. The molecule has 0 bridgehead atoms. The highest BCUT2D eigenvalue weighted by Crippen LogP contribution is 2.36. The van der Waals surface area contributed by atoms with Gasteiger partial charge in [-0.05, 0) is 5.56 Å². The van der Waals surface area contributed by atoms with E-state index < -0.39 is 12.0 Å². The fourth-order valence-electron chi connectivity index (χ4n) is 2.65. The fourth-order valence-corrected chi connectivity index (χ4v) is 2.65. The minimum absolute atomic E-state index is 0.0947. The molecule has 0 spiro atoms. The monoisotopic (exact) mass is 250 g/mol. The molecule has 1 aromatic carbocycles. The molecule has 5 heteroatoms. The van der Waals surface area contributed by atoms with Crippen molar-refractivity contribution in [3.63, 3.8) is 0 Å². The lowest BCUT2D eigenvalue weighted by Gasteiger charge is -2.27. The van der Waals surface area contributed by atoms with Gasteiger partial charge in [0.05, 0.1) is 0 Å². The number of nitrogens with zero attached hydrogens (tertiary/aromatic N) is 1. The first-order chi connectivity index (χ1) is 8.57. The maximum Gasteiger partial charge on any atom is 0.366 e. The van der Waals surface area contributed by atoms with Crippen LogP contribution in [-0.2, 0) is 14.4 Å². The summed E-state index contributed by atoms with van der Waals surface area (Å²) in [5.74, 6) is -0.838. The van der Waals surface area contributed by atoms with Crippen molar-refractivity contribution in [1.29, 1.82) is 0 Å². The first-order valence-electron chi connectivity index (χ1n) is 5.82. The van der Waals surface area contributed by atoms with E-state index >= 15 is 0 Å². The van der Waals surface area contributed by atoms with Crippen LogP contribution in [0.25, 0.3) is 0 Å². The smallest absolute Gasteiger partial charge is 0.366 e. The molecule has 1 aliphatic heterocycles. The largest absolute Gasteiger partial charge is 0.477 e. The molecule has 2 unspecified atom stereocenters. The molecule has 18 heavy (non-hydrogen) atoms. The van der Waals surface area contributed by atoms with Crippen LogP contribution in [0.1, 0.15) is 17.9 Å². The van der Waals surface area contributed by atoms with Crippen molar-refractivity contribution in [1.82, 2.24) is 0 Å². The fraction of sp³-hybridized carbons (Fsp3) is 0.385. The number of carbonyl (C=O) groups excluding carboxylic acids is 1. The van der Waals surface area contributed by atoms with Crippen molar-refractivity contribution >= 4 is 12.4 Å². The van der Waals surface area contributed by atoms with Gasteiger partial charge in [0.1, 0.15) is 13.6 Å². The van der Waals surface area contributed by atoms with Gasteiger partial charge in [0.2, 0.25) is 6.04 Å². The molecule has 3 atom stereocenters. The zero-order valence-electron chi connectivity index (χ0n) is 10.2. The molecular weight excluding hydrogens is 234 g/mol. The average Bonchev–Trinajstić information content (AvgIpc) is 2.69. The number of likely N-dealkylation sites (N-methyl/N-ethyl adjacent to an activating group) is 1. The number of aliphatic carboxylic acids is 1. The van der Waals surface area contributed by atoms with Gasteiger partial charge in [0, 0.05) is 12.3 Å². The van der Waals surface area contributed by atoms with Crippen LogP contribution in [0, 0.1) is 0 Å². The molecule has 0 radical (unpaired) electrons. The van der Waals surface area contributed by atoms with Crippen LogP contribution < -0.4 is 0 Å². The maximum absolute atomic E-state index is 11.3. The van der Waals surface area contributed by atoms with Gasteiger partial charge in [-0.1, -0.05) is 30.3 Å². The van der Waals surface area contributed by atoms with Crippen LogP contribution in [0.4, 0.5) is 0 Å². The molecule has 1 aromatic rings. The molecule has 5 nitrogen and oxygen atoms in total. The first-order valence-corrected chi connectivity index (χ1v) is 5.82. The second-order valence-corrected chi connectivity index (χ2v) is 4.76. The van der Waals surface area contributed by atoms with Crippen molar-refractivity contribution in [2.45, 2.75) is 18.4 Å². The van der Waals surface area contributed by atoms with E-state index in [2.05, 4.69) is 0 Å². The van der Waals surface area contributed by atoms with E-state index in [0.29, 0.717) is 19.4 Å². The standard InChI is InChI=1S/C13H15NO4/c1-14(18-9-15)8-11(7-12(14)13(16)17)10-5-3-2-4-6-10/h2-6,9,11-12H,7-8H2,1H3/p+1/t11?,12-,14?/m0/s1. The third kappa shape index (κ3) is 2.22. The Bertz CT molecular complexity index is 448. The second kappa shape index (κ2) is 4.78. The van der Waals surface area contributed by atoms with Crippen LogP contribution in [0.3, 0.4) is 0 Å². The molecule has 2 rings (SSSR count). The Morgan fingerprint density at radius 1 is 1.44 bits per heavy atom. The summed E-state index contributed by atoms with van der Waals surface area (Å²) < 4.78 is -0.196. The van der Waals surface area contributed by atoms with Crippen LogP contribution in [-0.4, -0.2) is 41.8 Å². The molecule has 1 aliphatic rings. The lowest BCUT2D eigenvalue weighted by atomic mass is 9.96. The summed E-state index contributed by atoms with van der Waals surface area (Å²) >= 11 is 0. The van der Waals surface area contributed by atoms with Crippen LogP contribution in [0.15, 0.2) is 30.3 Å². The molecule has 1 heterocycles. The number of hydrogen-bond donors (Lipinski definition) is 1. The number of quaternary nitrogens is 1. The molecular formula is C13H16NO4+. The number of rotatable bonds is 4. The van der Waals surface area contributed by atoms with Crippen molar-refractivity contribution in [3.8, 4) is 0 Å². The highest BCUT2D eigenvalue weighted by Gasteiger charge is 2.51. The molecule has 1 saturated heterocycles. The van der Waals surface area contributed by atoms with E-state index in [1.807, 2.05) is 30.3 Å². The van der Waals surface area contributed by atoms with Crippen LogP contribution >= 0.6 is 0 Å². The Hall–Kier alpha value is -1.88. The van der Waals surface area contributed by atoms with Gasteiger partial charge < -0.3 is 5.11 Å². The summed E-state index contributed by atoms with van der Waals surface area (Å²) in [4.78, 5) is 26.8. The van der Waals surface area contributed by atoms with Gasteiger partial charge >= 0.3 is 12.4 Å². The second-order valence-electron chi connectivity index (χ2n) is 4.76. The Labute approximate surface area is 105 Å². The highest BCUT2D eigenvalue weighted by molar-refractivity contribution is 5.72. The van der Waals surface area contributed by atoms with Gasteiger partial charge in [-0.2, -0.15) is 0 Å². The van der Waals surface area contributed by atoms with E-state index in [1.54, 1.807) is 7.05 Å². The van der Waals surface area contributed by atoms with E-state index in [0.717, 1.165) is 5.56 Å². The van der Waals surface area contributed by atoms with Crippen molar-refractivity contribution in [2.24, 2.45) is 0 Å². The Balaban J connectivity index is 2.24. The van der Waals surface area contributed by atoms with Crippen molar-refractivity contribution in [2.75, 3.05) is 13.6 Å². The number of hydroxylamine groups is 3. The van der Waals surface area contributed by atoms with Gasteiger partial charge in [-0.15, -0.1) is 4.65 Å². The molecule has 1 fully saturated rings. The van der Waals surface area contributed by atoms with E-state index in [1.165, 1.54) is 0 Å². The summed E-state index contributed by atoms with van der Waals surface area (Å²) in [6.07, 6.45) is 0.476. The first kappa shape index (κ1) is 12.6. The predicted octanol–water partition coefficient (Wildman–Crippen LogP) is 1.16. The quantitative estimate of drug-likeness (QED) is 0.643. The SMILES string of the molecule is C[N+]1(OC=O)CC(c2ccccc2)C[C@H]1C(=O)O. The van der Waals surface area contributed by atoms with Crippen LogP contribution in [0.2, 0.25) is 0 Å². The molecule has 0 aliphatic carbocycles. The zero-order valence-corrected chi connectivity index (χ0v) is 10.2. The van der Waals surface area contributed by atoms with Gasteiger partial charge in [-0.25, -0.2) is 9.59 Å². The van der Waals surface area contributed by atoms with Crippen molar-refractivity contribution in [3.05, 3.63) is 35.9 Å². The Morgan fingerprint density at radius 2 is 2.11 bits per heavy atom. The third-order valence-electron chi connectivity index (χ3n) is 3.59. The lowest BCUT2D eigenvalue weighted by molar-refractivity contribution is -1.08. The number of likely N-dealkylation sites (tertiary alicyclic amines) is 1. The molecule has 0 aromatic heterocycles. The van der Waals surface area contributed by atoms with E-state index in [-0.39, 0.29) is 10.6 Å². The third-order valence-corrected chi connectivity index (χ3v) is 3.59. The lowest BCUT2D eigenvalue weighted by Crippen LogP contribution is -2.51. The summed E-state index contributed by atoms with van der Waals surface area (Å²) in [6.45, 7) is 0.809. The van der Waals surface area contributed by atoms with Crippen molar-refractivity contribution < 1.29 is 24.2 Å². The Kier molecular flexibility index (Phi) is 3.34. The molecule has 96 valence electrons. The predicted molar refractivity (Wildman–Crippen MR) is 63.4 cm³/mol. The number of carboxylic acid groups (broad SMARTS) is 1. The van der Waals surface area contributed by atoms with Crippen LogP contribution in [0.5, 0.6) is 0 Å². The maximum atomic E-state index is 11.3. The topological polar surface area (TPSA) is 63.6 Å². The average molecular weight is 250 g/mol. The normalized spacial score (nSPS) is 30.9. The van der Waals surface area contributed by atoms with Gasteiger partial charge in [0.15, 0.2) is 0 Å². The number of benzene rings is 1. The molecule has 1 N–H and O–H groups in total. The molecule has 0 saturated carbocycles. The van der Waals surface area contributed by atoms with E-state index in [4.69, 9.17) is 4.84 Å². The van der Waals surface area contributed by atoms with Gasteiger partial charge in [0.25, 0.3) is 0 Å². The molecule has 0 amide bonds. The number of hydrogen-bond acceptors (Lipinski definition) is 3. The minimum atomic E-state index is -0.933. The van der Waals surface area contributed by atoms with E-state index in [9.17, 15) is 14.7 Å². The zero-order chi connectivity index (χ0) is 13.2. The summed E-state index contributed by atoms with van der Waals surface area (Å²) in [5, 5.41) is 9.23. The summed E-state index contributed by atoms with van der Waals surface area (Å²) in [6, 6.07) is 9.01. The highest BCUT2D eigenvalue weighted by atomic mass is 16.7. The number of carbonyl (C=O) groups is 2. The minimum Gasteiger partial charge on any atom is -0.477 e. The summed E-state index contributed by atoms with van der Waals surface area (Å²) in [5.41, 5.74) is 1.08. The van der Waals surface area contributed by atoms with Gasteiger partial charge in [-0.3, -0.25) is 4.84 Å². The number of carboxylic acids is 1. The summed E-state index contributed by atoms with van der Waals surface area (Å²) in [7, 11) is 1.64.